The summed E-state index contributed by atoms with van der Waals surface area (Å²) in [5.41, 5.74) is 7.48. The van der Waals surface area contributed by atoms with Crippen molar-refractivity contribution in [3.8, 4) is 0 Å². The Bertz CT molecular complexity index is 1090. The van der Waals surface area contributed by atoms with Gasteiger partial charge >= 0.3 is 0 Å². The van der Waals surface area contributed by atoms with Crippen LogP contribution in [-0.4, -0.2) is 72.0 Å². The minimum atomic E-state index is -1.08. The third-order valence-corrected chi connectivity index (χ3v) is 8.44. The summed E-state index contributed by atoms with van der Waals surface area (Å²) in [6.07, 6.45) is 11.3. The Hall–Kier alpha value is -2.88. The SMILES string of the molecule is CN(C)CC1CCN(c2ccncc2NC(=O)c2c(N)nn3c2NCC(F)C32CCCCCCC2)CC1. The second-order valence-corrected chi connectivity index (χ2v) is 11.3. The van der Waals surface area contributed by atoms with Gasteiger partial charge in [-0.05, 0) is 51.8 Å². The number of piperidine rings is 1. The molecule has 0 aromatic carbocycles. The Morgan fingerprint density at radius 3 is 2.62 bits per heavy atom. The van der Waals surface area contributed by atoms with Crippen LogP contribution in [0.3, 0.4) is 0 Å². The largest absolute Gasteiger partial charge is 0.381 e. The van der Waals surface area contributed by atoms with Gasteiger partial charge < -0.3 is 26.2 Å². The van der Waals surface area contributed by atoms with Crippen LogP contribution in [0.2, 0.25) is 0 Å². The number of hydrogen-bond donors (Lipinski definition) is 3. The average molecular weight is 513 g/mol. The molecule has 4 N–H and O–H groups in total. The van der Waals surface area contributed by atoms with E-state index in [1.807, 2.05) is 6.07 Å². The predicted molar refractivity (Wildman–Crippen MR) is 146 cm³/mol. The Labute approximate surface area is 219 Å². The first-order valence-electron chi connectivity index (χ1n) is 13.8. The summed E-state index contributed by atoms with van der Waals surface area (Å²) < 4.78 is 17.2. The van der Waals surface area contributed by atoms with Crippen LogP contribution in [-0.2, 0) is 5.54 Å². The minimum Gasteiger partial charge on any atom is -0.381 e. The third-order valence-electron chi connectivity index (χ3n) is 8.44. The van der Waals surface area contributed by atoms with Crippen LogP contribution < -0.4 is 21.3 Å². The van der Waals surface area contributed by atoms with Gasteiger partial charge in [-0.15, -0.1) is 0 Å². The lowest BCUT2D eigenvalue weighted by molar-refractivity contribution is 0.0691. The molecule has 1 amide bonds. The fourth-order valence-electron chi connectivity index (χ4n) is 6.51. The molecular weight excluding hydrogens is 471 g/mol. The second-order valence-electron chi connectivity index (χ2n) is 11.3. The molecule has 10 heteroatoms. The molecule has 1 unspecified atom stereocenters. The summed E-state index contributed by atoms with van der Waals surface area (Å²) in [6, 6.07) is 1.95. The first kappa shape index (κ1) is 25.8. The zero-order valence-corrected chi connectivity index (χ0v) is 22.2. The van der Waals surface area contributed by atoms with Gasteiger partial charge in [-0.25, -0.2) is 9.07 Å². The number of alkyl halides is 1. The molecule has 1 atom stereocenters. The van der Waals surface area contributed by atoms with Crippen molar-refractivity contribution in [2.75, 3.05) is 61.5 Å². The van der Waals surface area contributed by atoms with Gasteiger partial charge in [0.2, 0.25) is 0 Å². The van der Waals surface area contributed by atoms with E-state index < -0.39 is 11.7 Å². The number of nitrogen functional groups attached to an aromatic ring is 1. The van der Waals surface area contributed by atoms with Gasteiger partial charge in [-0.1, -0.05) is 32.1 Å². The molecule has 5 rings (SSSR count). The van der Waals surface area contributed by atoms with Crippen LogP contribution in [0.5, 0.6) is 0 Å². The van der Waals surface area contributed by atoms with Crippen molar-refractivity contribution in [2.45, 2.75) is 69.5 Å². The van der Waals surface area contributed by atoms with Crippen molar-refractivity contribution in [3.63, 3.8) is 0 Å². The molecular formula is C27H41FN8O. The zero-order chi connectivity index (χ0) is 26.0. The molecule has 2 aliphatic heterocycles. The number of amides is 1. The summed E-state index contributed by atoms with van der Waals surface area (Å²) >= 11 is 0. The smallest absolute Gasteiger partial charge is 0.263 e. The molecule has 37 heavy (non-hydrogen) atoms. The molecule has 0 bridgehead atoms. The van der Waals surface area contributed by atoms with E-state index in [9.17, 15) is 4.79 Å². The molecule has 9 nitrogen and oxygen atoms in total. The zero-order valence-electron chi connectivity index (χ0n) is 22.2. The Morgan fingerprint density at radius 1 is 1.22 bits per heavy atom. The minimum absolute atomic E-state index is 0.130. The van der Waals surface area contributed by atoms with E-state index in [1.54, 1.807) is 17.1 Å². The van der Waals surface area contributed by atoms with Crippen molar-refractivity contribution in [2.24, 2.45) is 5.92 Å². The van der Waals surface area contributed by atoms with Gasteiger partial charge in [-0.2, -0.15) is 5.10 Å². The van der Waals surface area contributed by atoms with Crippen molar-refractivity contribution in [1.29, 1.82) is 0 Å². The highest BCUT2D eigenvalue weighted by molar-refractivity contribution is 6.12. The maximum atomic E-state index is 15.5. The molecule has 0 radical (unpaired) electrons. The molecule has 4 heterocycles. The monoisotopic (exact) mass is 512 g/mol. The molecule has 1 spiro atoms. The van der Waals surface area contributed by atoms with E-state index in [1.165, 1.54) is 6.42 Å². The Balaban J connectivity index is 1.38. The van der Waals surface area contributed by atoms with Gasteiger partial charge in [0.15, 0.2) is 5.82 Å². The van der Waals surface area contributed by atoms with E-state index in [4.69, 9.17) is 5.73 Å². The van der Waals surface area contributed by atoms with E-state index >= 15 is 4.39 Å². The molecule has 3 aliphatic rings. The highest BCUT2D eigenvalue weighted by Gasteiger charge is 2.47. The van der Waals surface area contributed by atoms with Gasteiger partial charge in [0, 0.05) is 32.4 Å². The van der Waals surface area contributed by atoms with Crippen molar-refractivity contribution < 1.29 is 9.18 Å². The van der Waals surface area contributed by atoms with Crippen LogP contribution >= 0.6 is 0 Å². The quantitative estimate of drug-likeness (QED) is 0.554. The molecule has 2 aromatic rings. The number of carbonyl (C=O) groups excluding carboxylic acids is 1. The Morgan fingerprint density at radius 2 is 1.92 bits per heavy atom. The van der Waals surface area contributed by atoms with E-state index in [-0.39, 0.29) is 23.8 Å². The molecule has 1 saturated heterocycles. The average Bonchev–Trinajstić information content (AvgIpc) is 3.20. The van der Waals surface area contributed by atoms with Crippen LogP contribution in [0.4, 0.5) is 27.4 Å². The van der Waals surface area contributed by atoms with E-state index in [2.05, 4.69) is 44.6 Å². The van der Waals surface area contributed by atoms with Crippen molar-refractivity contribution in [3.05, 3.63) is 24.0 Å². The lowest BCUT2D eigenvalue weighted by Gasteiger charge is -2.42. The standard InChI is InChI=1S/C27H41FN8O/c1-34(2)18-19-9-14-35(15-10-19)21-8-13-30-16-20(21)32-26(37)23-24(29)33-36-25(23)31-17-22(28)27(36)11-6-4-3-5-7-12-27/h8,13,16,19,22,31H,3-7,9-12,14-15,17-18H2,1-2H3,(H2,29,33)(H,32,37). The fourth-order valence-corrected chi connectivity index (χ4v) is 6.51. The highest BCUT2D eigenvalue weighted by atomic mass is 19.1. The number of aromatic nitrogens is 3. The van der Waals surface area contributed by atoms with Crippen LogP contribution in [0.1, 0.15) is 68.1 Å². The lowest BCUT2D eigenvalue weighted by Crippen LogP contribution is -2.51. The molecule has 2 fully saturated rings. The van der Waals surface area contributed by atoms with E-state index in [0.29, 0.717) is 30.3 Å². The van der Waals surface area contributed by atoms with E-state index in [0.717, 1.165) is 63.8 Å². The van der Waals surface area contributed by atoms with Gasteiger partial charge in [0.1, 0.15) is 17.6 Å². The van der Waals surface area contributed by atoms with Crippen LogP contribution in [0, 0.1) is 5.92 Å². The normalized spacial score (nSPS) is 22.3. The number of fused-ring (bicyclic) bond motifs is 2. The summed E-state index contributed by atoms with van der Waals surface area (Å²) in [4.78, 5) is 22.5. The summed E-state index contributed by atoms with van der Waals surface area (Å²) in [5.74, 6) is 0.988. The predicted octanol–water partition coefficient (Wildman–Crippen LogP) is 4.09. The number of carbonyl (C=O) groups is 1. The number of halogens is 1. The molecule has 2 aromatic heterocycles. The summed E-state index contributed by atoms with van der Waals surface area (Å²) in [6.45, 7) is 3.11. The Kier molecular flexibility index (Phi) is 7.55. The maximum Gasteiger partial charge on any atom is 0.263 e. The first-order chi connectivity index (χ1) is 17.9. The first-order valence-corrected chi connectivity index (χ1v) is 13.8. The number of pyridine rings is 1. The number of hydrogen-bond acceptors (Lipinski definition) is 7. The fraction of sp³-hybridized carbons (Fsp3) is 0.667. The number of rotatable bonds is 5. The van der Waals surface area contributed by atoms with Crippen molar-refractivity contribution in [1.82, 2.24) is 19.7 Å². The molecule has 1 aliphatic carbocycles. The van der Waals surface area contributed by atoms with Gasteiger partial charge in [0.25, 0.3) is 5.91 Å². The van der Waals surface area contributed by atoms with Crippen molar-refractivity contribution >= 4 is 28.9 Å². The van der Waals surface area contributed by atoms with Crippen LogP contribution in [0.15, 0.2) is 18.5 Å². The maximum absolute atomic E-state index is 15.5. The van der Waals surface area contributed by atoms with Gasteiger partial charge in [-0.3, -0.25) is 9.78 Å². The number of nitrogens with zero attached hydrogens (tertiary/aromatic N) is 5. The second kappa shape index (κ2) is 10.8. The number of anilines is 4. The van der Waals surface area contributed by atoms with Gasteiger partial charge in [0.05, 0.1) is 23.1 Å². The van der Waals surface area contributed by atoms with Crippen LogP contribution in [0.25, 0.3) is 0 Å². The topological polar surface area (TPSA) is 104 Å². The third kappa shape index (κ3) is 5.12. The summed E-state index contributed by atoms with van der Waals surface area (Å²) in [7, 11) is 4.23. The molecule has 1 saturated carbocycles. The molecule has 202 valence electrons. The lowest BCUT2D eigenvalue weighted by atomic mass is 9.79. The number of nitrogens with one attached hydrogen (secondary N) is 2. The summed E-state index contributed by atoms with van der Waals surface area (Å²) in [5, 5.41) is 10.7. The highest BCUT2D eigenvalue weighted by Crippen LogP contribution is 2.44. The number of nitrogens with two attached hydrogens (primary N) is 1.